The fourth-order valence-electron chi connectivity index (χ4n) is 2.74. The number of carbonyl (C=O) groups is 2. The number of anilines is 2. The van der Waals surface area contributed by atoms with Gasteiger partial charge in [-0.3, -0.25) is 9.69 Å². The molecule has 30 heavy (non-hydrogen) atoms. The zero-order valence-corrected chi connectivity index (χ0v) is 17.0. The summed E-state index contributed by atoms with van der Waals surface area (Å²) in [5.41, 5.74) is 2.24. The van der Waals surface area contributed by atoms with Crippen molar-refractivity contribution in [3.8, 4) is 11.4 Å². The van der Waals surface area contributed by atoms with E-state index in [0.717, 1.165) is 5.56 Å². The fourth-order valence-corrected chi connectivity index (χ4v) is 2.74. The summed E-state index contributed by atoms with van der Waals surface area (Å²) in [6.45, 7) is 2.57. The highest BCUT2D eigenvalue weighted by molar-refractivity contribution is 5.91. The second kappa shape index (κ2) is 10.1. The predicted molar refractivity (Wildman–Crippen MR) is 113 cm³/mol. The zero-order chi connectivity index (χ0) is 21.3. The van der Waals surface area contributed by atoms with Gasteiger partial charge in [0.15, 0.2) is 0 Å². The first kappa shape index (κ1) is 21.0. The number of aromatic nitrogens is 4. The van der Waals surface area contributed by atoms with Crippen molar-refractivity contribution in [3.05, 3.63) is 54.6 Å². The Bertz CT molecular complexity index is 972. The standard InChI is InChI=1S/C21H24N6O3/c1-3-30-21(29)26(2)18-13-11-17(12-14-18)22-19(28)10-7-15-27-24-20(23-25-27)16-8-5-4-6-9-16/h4-6,8-9,11-14H,3,7,10,15H2,1-2H3,(H,22,28). The third-order valence-electron chi connectivity index (χ3n) is 4.33. The lowest BCUT2D eigenvalue weighted by Crippen LogP contribution is -2.26. The van der Waals surface area contributed by atoms with Crippen LogP contribution in [-0.2, 0) is 16.1 Å². The van der Waals surface area contributed by atoms with E-state index in [2.05, 4.69) is 20.7 Å². The Morgan fingerprint density at radius 1 is 1.10 bits per heavy atom. The smallest absolute Gasteiger partial charge is 0.413 e. The Morgan fingerprint density at radius 3 is 2.53 bits per heavy atom. The topological polar surface area (TPSA) is 102 Å². The van der Waals surface area contributed by atoms with E-state index in [0.29, 0.717) is 43.2 Å². The maximum atomic E-state index is 12.2. The van der Waals surface area contributed by atoms with Crippen molar-refractivity contribution in [2.75, 3.05) is 23.9 Å². The summed E-state index contributed by atoms with van der Waals surface area (Å²) in [7, 11) is 1.63. The van der Waals surface area contributed by atoms with E-state index in [1.165, 1.54) is 9.70 Å². The molecule has 0 radical (unpaired) electrons. The molecule has 0 unspecified atom stereocenters. The van der Waals surface area contributed by atoms with Crippen molar-refractivity contribution in [2.24, 2.45) is 0 Å². The molecular weight excluding hydrogens is 384 g/mol. The minimum atomic E-state index is -0.425. The van der Waals surface area contributed by atoms with Crippen LogP contribution >= 0.6 is 0 Å². The lowest BCUT2D eigenvalue weighted by Gasteiger charge is -2.16. The highest BCUT2D eigenvalue weighted by Gasteiger charge is 2.12. The molecule has 0 aliphatic heterocycles. The molecule has 156 valence electrons. The van der Waals surface area contributed by atoms with Gasteiger partial charge >= 0.3 is 6.09 Å². The van der Waals surface area contributed by atoms with E-state index >= 15 is 0 Å². The fraction of sp³-hybridized carbons (Fsp3) is 0.286. The van der Waals surface area contributed by atoms with Crippen molar-refractivity contribution < 1.29 is 14.3 Å². The van der Waals surface area contributed by atoms with Gasteiger partial charge in [0.05, 0.1) is 13.2 Å². The number of carbonyl (C=O) groups excluding carboxylic acids is 2. The van der Waals surface area contributed by atoms with Crippen LogP contribution in [-0.4, -0.2) is 45.9 Å². The Kier molecular flexibility index (Phi) is 7.09. The van der Waals surface area contributed by atoms with Crippen LogP contribution in [0.2, 0.25) is 0 Å². The van der Waals surface area contributed by atoms with Crippen LogP contribution in [0.5, 0.6) is 0 Å². The van der Waals surface area contributed by atoms with Gasteiger partial charge in [0.25, 0.3) is 0 Å². The maximum Gasteiger partial charge on any atom is 0.413 e. The number of ether oxygens (including phenoxy) is 1. The molecule has 0 aliphatic carbocycles. The molecule has 0 atom stereocenters. The normalized spacial score (nSPS) is 10.5. The molecule has 3 aromatic rings. The van der Waals surface area contributed by atoms with Crippen LogP contribution in [0, 0.1) is 0 Å². The quantitative estimate of drug-likeness (QED) is 0.613. The summed E-state index contributed by atoms with van der Waals surface area (Å²) in [5.74, 6) is 0.456. The van der Waals surface area contributed by atoms with Gasteiger partial charge < -0.3 is 10.1 Å². The average Bonchev–Trinajstić information content (AvgIpc) is 3.23. The highest BCUT2D eigenvalue weighted by atomic mass is 16.6. The Balaban J connectivity index is 1.45. The summed E-state index contributed by atoms with van der Waals surface area (Å²) in [4.78, 5) is 26.8. The second-order valence-electron chi connectivity index (χ2n) is 6.53. The monoisotopic (exact) mass is 408 g/mol. The van der Waals surface area contributed by atoms with Crippen molar-refractivity contribution in [1.29, 1.82) is 0 Å². The van der Waals surface area contributed by atoms with Crippen molar-refractivity contribution in [1.82, 2.24) is 20.2 Å². The van der Waals surface area contributed by atoms with Crippen LogP contribution in [0.3, 0.4) is 0 Å². The number of rotatable bonds is 8. The number of nitrogens with one attached hydrogen (secondary N) is 1. The summed E-state index contributed by atoms with van der Waals surface area (Å²) >= 11 is 0. The average molecular weight is 408 g/mol. The minimum Gasteiger partial charge on any atom is -0.449 e. The van der Waals surface area contributed by atoms with Crippen molar-refractivity contribution in [3.63, 3.8) is 0 Å². The van der Waals surface area contributed by atoms with Gasteiger partial charge in [0, 0.05) is 30.4 Å². The van der Waals surface area contributed by atoms with Crippen LogP contribution in [0.1, 0.15) is 19.8 Å². The molecule has 0 spiro atoms. The van der Waals surface area contributed by atoms with E-state index in [4.69, 9.17) is 4.74 Å². The van der Waals surface area contributed by atoms with Gasteiger partial charge in [-0.2, -0.15) is 4.80 Å². The minimum absolute atomic E-state index is 0.107. The number of amides is 2. The SMILES string of the molecule is CCOC(=O)N(C)c1ccc(NC(=O)CCCn2nnc(-c3ccccc3)n2)cc1. The molecule has 0 saturated heterocycles. The van der Waals surface area contributed by atoms with Crippen LogP contribution in [0.4, 0.5) is 16.2 Å². The first-order chi connectivity index (χ1) is 14.6. The molecule has 9 heteroatoms. The molecule has 2 amide bonds. The van der Waals surface area contributed by atoms with Crippen molar-refractivity contribution >= 4 is 23.4 Å². The number of aryl methyl sites for hydroxylation is 1. The largest absolute Gasteiger partial charge is 0.449 e. The Labute approximate surface area is 174 Å². The summed E-state index contributed by atoms with van der Waals surface area (Å²) in [5, 5.41) is 15.2. The first-order valence-electron chi connectivity index (χ1n) is 9.70. The van der Waals surface area contributed by atoms with E-state index in [1.54, 1.807) is 38.2 Å². The molecular formula is C21H24N6O3. The number of nitrogens with zero attached hydrogens (tertiary/aromatic N) is 5. The first-order valence-corrected chi connectivity index (χ1v) is 9.70. The van der Waals surface area contributed by atoms with Gasteiger partial charge in [-0.25, -0.2) is 4.79 Å². The van der Waals surface area contributed by atoms with Crippen molar-refractivity contribution in [2.45, 2.75) is 26.3 Å². The third kappa shape index (κ3) is 5.63. The van der Waals surface area contributed by atoms with E-state index in [-0.39, 0.29) is 5.91 Å². The summed E-state index contributed by atoms with van der Waals surface area (Å²) < 4.78 is 4.96. The van der Waals surface area contributed by atoms with Crippen LogP contribution in [0.25, 0.3) is 11.4 Å². The molecule has 0 bridgehead atoms. The molecule has 1 N–H and O–H groups in total. The number of tetrazole rings is 1. The van der Waals surface area contributed by atoms with E-state index in [1.807, 2.05) is 30.3 Å². The molecule has 0 saturated carbocycles. The molecule has 0 fully saturated rings. The maximum absolute atomic E-state index is 12.2. The number of hydrogen-bond donors (Lipinski definition) is 1. The predicted octanol–water partition coefficient (Wildman–Crippen LogP) is 3.35. The van der Waals surface area contributed by atoms with Gasteiger partial charge in [-0.15, -0.1) is 10.2 Å². The summed E-state index contributed by atoms with van der Waals surface area (Å²) in [6.07, 6.45) is 0.485. The number of benzene rings is 2. The molecule has 1 aromatic heterocycles. The lowest BCUT2D eigenvalue weighted by molar-refractivity contribution is -0.116. The van der Waals surface area contributed by atoms with E-state index < -0.39 is 6.09 Å². The van der Waals surface area contributed by atoms with Gasteiger partial charge in [-0.05, 0) is 42.8 Å². The summed E-state index contributed by atoms with van der Waals surface area (Å²) in [6, 6.07) is 16.6. The lowest BCUT2D eigenvalue weighted by atomic mass is 10.2. The Morgan fingerprint density at radius 2 is 1.83 bits per heavy atom. The van der Waals surface area contributed by atoms with Gasteiger partial charge in [0.2, 0.25) is 11.7 Å². The number of hydrogen-bond acceptors (Lipinski definition) is 6. The van der Waals surface area contributed by atoms with E-state index in [9.17, 15) is 9.59 Å². The highest BCUT2D eigenvalue weighted by Crippen LogP contribution is 2.18. The molecule has 3 rings (SSSR count). The van der Waals surface area contributed by atoms with Crippen LogP contribution < -0.4 is 10.2 Å². The molecule has 0 aliphatic rings. The zero-order valence-electron chi connectivity index (χ0n) is 17.0. The molecule has 2 aromatic carbocycles. The van der Waals surface area contributed by atoms with Crippen LogP contribution in [0.15, 0.2) is 54.6 Å². The van der Waals surface area contributed by atoms with Gasteiger partial charge in [-0.1, -0.05) is 30.3 Å². The second-order valence-corrected chi connectivity index (χ2v) is 6.53. The van der Waals surface area contributed by atoms with Gasteiger partial charge in [0.1, 0.15) is 0 Å². The Hall–Kier alpha value is -3.75. The molecule has 9 nitrogen and oxygen atoms in total. The molecule has 1 heterocycles. The third-order valence-corrected chi connectivity index (χ3v) is 4.33.